The van der Waals surface area contributed by atoms with Crippen LogP contribution in [-0.2, 0) is 19.6 Å². The quantitative estimate of drug-likeness (QED) is 0.529. The van der Waals surface area contributed by atoms with Crippen LogP contribution in [0.25, 0.3) is 10.4 Å². The highest BCUT2D eigenvalue weighted by Crippen LogP contribution is 2.33. The average molecular weight is 521 g/mol. The molecule has 0 amide bonds. The van der Waals surface area contributed by atoms with E-state index in [0.29, 0.717) is 36.4 Å². The van der Waals surface area contributed by atoms with Crippen molar-refractivity contribution in [3.8, 4) is 16.2 Å². The molecule has 0 spiro atoms. The fourth-order valence-corrected chi connectivity index (χ4v) is 6.13. The zero-order valence-electron chi connectivity index (χ0n) is 18.9. The summed E-state index contributed by atoms with van der Waals surface area (Å²) in [5, 5.41) is 3.19. The number of hydrogen-bond donors (Lipinski definition) is 2. The van der Waals surface area contributed by atoms with Gasteiger partial charge in [-0.25, -0.2) is 8.42 Å². The number of benzene rings is 1. The highest BCUT2D eigenvalue weighted by Gasteiger charge is 2.37. The van der Waals surface area contributed by atoms with E-state index in [1.807, 2.05) is 0 Å². The third kappa shape index (κ3) is 7.42. The van der Waals surface area contributed by atoms with Gasteiger partial charge in [-0.1, -0.05) is 0 Å². The van der Waals surface area contributed by atoms with Crippen molar-refractivity contribution in [2.45, 2.75) is 55.8 Å². The first-order valence-corrected chi connectivity index (χ1v) is 13.0. The molecule has 1 atom stereocenters. The Morgan fingerprint density at radius 2 is 1.71 bits per heavy atom. The van der Waals surface area contributed by atoms with Crippen LogP contribution in [0, 0.1) is 5.92 Å². The first-order valence-electron chi connectivity index (χ1n) is 10.7. The van der Waals surface area contributed by atoms with Crippen LogP contribution < -0.4 is 14.8 Å². The predicted octanol–water partition coefficient (Wildman–Crippen LogP) is 4.30. The number of thiophene rings is 1. The molecule has 1 aliphatic rings. The SMILES string of the molecule is CC(C)(C)OC(=O)[C@H](NS(=O)(=O)c1ccc(-c2ccc(OC(F)(F)F)cc2)s1)C1CCNCC1. The van der Waals surface area contributed by atoms with Crippen LogP contribution in [0.5, 0.6) is 5.75 Å². The number of ether oxygens (including phenoxy) is 2. The van der Waals surface area contributed by atoms with Crippen LogP contribution in [-0.4, -0.2) is 45.5 Å². The number of nitrogens with one attached hydrogen (secondary N) is 2. The summed E-state index contributed by atoms with van der Waals surface area (Å²) < 4.78 is 75.2. The van der Waals surface area contributed by atoms with Gasteiger partial charge in [0.25, 0.3) is 10.0 Å². The summed E-state index contributed by atoms with van der Waals surface area (Å²) in [5.74, 6) is -1.21. The third-order valence-corrected chi connectivity index (χ3v) is 8.08. The molecule has 12 heteroatoms. The molecule has 1 aliphatic heterocycles. The minimum absolute atomic E-state index is 0.0133. The summed E-state index contributed by atoms with van der Waals surface area (Å²) in [6, 6.07) is 7.07. The molecule has 1 aromatic heterocycles. The summed E-state index contributed by atoms with van der Waals surface area (Å²) >= 11 is 0.947. The molecule has 188 valence electrons. The fourth-order valence-electron chi connectivity index (χ4n) is 3.55. The lowest BCUT2D eigenvalue weighted by Crippen LogP contribution is -2.50. The Morgan fingerprint density at radius 1 is 1.09 bits per heavy atom. The number of hydrogen-bond acceptors (Lipinski definition) is 7. The molecular formula is C22H27F3N2O5S2. The molecule has 0 saturated carbocycles. The van der Waals surface area contributed by atoms with E-state index in [0.717, 1.165) is 23.5 Å². The van der Waals surface area contributed by atoms with Gasteiger partial charge in [0.1, 0.15) is 21.6 Å². The van der Waals surface area contributed by atoms with Gasteiger partial charge in [-0.05, 0) is 94.6 Å². The molecule has 7 nitrogen and oxygen atoms in total. The van der Waals surface area contributed by atoms with E-state index in [1.54, 1.807) is 26.8 Å². The molecule has 34 heavy (non-hydrogen) atoms. The van der Waals surface area contributed by atoms with Crippen molar-refractivity contribution in [1.29, 1.82) is 0 Å². The summed E-state index contributed by atoms with van der Waals surface area (Å²) in [6.07, 6.45) is -3.56. The predicted molar refractivity (Wildman–Crippen MR) is 122 cm³/mol. The van der Waals surface area contributed by atoms with Gasteiger partial charge >= 0.3 is 12.3 Å². The Kier molecular flexibility index (Phi) is 7.96. The van der Waals surface area contributed by atoms with E-state index < -0.39 is 34.0 Å². The summed E-state index contributed by atoms with van der Waals surface area (Å²) in [5.41, 5.74) is -0.241. The molecular weight excluding hydrogens is 493 g/mol. The van der Waals surface area contributed by atoms with Gasteiger partial charge in [-0.15, -0.1) is 24.5 Å². The molecule has 2 aromatic rings. The summed E-state index contributed by atoms with van der Waals surface area (Å²) in [6.45, 7) is 6.49. The number of alkyl halides is 3. The minimum atomic E-state index is -4.80. The Labute approximate surface area is 200 Å². The van der Waals surface area contributed by atoms with Crippen LogP contribution in [0.1, 0.15) is 33.6 Å². The highest BCUT2D eigenvalue weighted by molar-refractivity contribution is 7.91. The molecule has 0 aliphatic carbocycles. The lowest BCUT2D eigenvalue weighted by atomic mass is 9.91. The summed E-state index contributed by atoms with van der Waals surface area (Å²) in [4.78, 5) is 13.4. The normalized spacial score (nSPS) is 16.8. The standard InChI is InChI=1S/C22H27F3N2O5S2/c1-21(2,3)32-20(28)19(15-10-12-26-13-11-15)27-34(29,30)18-9-8-17(33-18)14-4-6-16(7-5-14)31-22(23,24)25/h4-9,15,19,26-27H,10-13H2,1-3H3/t19-/m1/s1. The van der Waals surface area contributed by atoms with Gasteiger partial charge in [0.05, 0.1) is 0 Å². The van der Waals surface area contributed by atoms with Gasteiger partial charge in [0, 0.05) is 4.88 Å². The van der Waals surface area contributed by atoms with Gasteiger partial charge in [-0.2, -0.15) is 4.72 Å². The second-order valence-corrected chi connectivity index (χ2v) is 11.9. The molecule has 0 unspecified atom stereocenters. The van der Waals surface area contributed by atoms with Crippen molar-refractivity contribution in [3.05, 3.63) is 36.4 Å². The van der Waals surface area contributed by atoms with E-state index in [-0.39, 0.29) is 15.9 Å². The maximum Gasteiger partial charge on any atom is 0.573 e. The van der Waals surface area contributed by atoms with Crippen LogP contribution in [0.4, 0.5) is 13.2 Å². The first kappa shape index (κ1) is 26.5. The minimum Gasteiger partial charge on any atom is -0.459 e. The molecule has 1 saturated heterocycles. The van der Waals surface area contributed by atoms with Gasteiger partial charge < -0.3 is 14.8 Å². The maximum absolute atomic E-state index is 13.1. The number of carbonyl (C=O) groups is 1. The van der Waals surface area contributed by atoms with Crippen LogP contribution in [0.2, 0.25) is 0 Å². The van der Waals surface area contributed by atoms with Crippen molar-refractivity contribution in [3.63, 3.8) is 0 Å². The number of rotatable bonds is 7. The molecule has 2 N–H and O–H groups in total. The third-order valence-electron chi connectivity index (χ3n) is 5.02. The average Bonchev–Trinajstić information content (AvgIpc) is 3.22. The van der Waals surface area contributed by atoms with Gasteiger partial charge in [0.15, 0.2) is 0 Å². The Balaban J connectivity index is 1.79. The zero-order valence-corrected chi connectivity index (χ0v) is 20.6. The Hall–Kier alpha value is -2.15. The second-order valence-electron chi connectivity index (χ2n) is 8.91. The highest BCUT2D eigenvalue weighted by atomic mass is 32.2. The van der Waals surface area contributed by atoms with Crippen molar-refractivity contribution in [2.24, 2.45) is 5.92 Å². The zero-order chi connectivity index (χ0) is 25.1. The maximum atomic E-state index is 13.1. The summed E-state index contributed by atoms with van der Waals surface area (Å²) in [7, 11) is -4.05. The van der Waals surface area contributed by atoms with Gasteiger partial charge in [-0.3, -0.25) is 4.79 Å². The Bertz CT molecular complexity index is 1090. The van der Waals surface area contributed by atoms with Crippen molar-refractivity contribution < 1.29 is 35.9 Å². The monoisotopic (exact) mass is 520 g/mol. The topological polar surface area (TPSA) is 93.7 Å². The number of carbonyl (C=O) groups excluding carboxylic acids is 1. The van der Waals surface area contributed by atoms with Gasteiger partial charge in [0.2, 0.25) is 0 Å². The molecule has 1 fully saturated rings. The smallest absolute Gasteiger partial charge is 0.459 e. The van der Waals surface area contributed by atoms with E-state index >= 15 is 0 Å². The second kappa shape index (κ2) is 10.2. The molecule has 0 radical (unpaired) electrons. The number of esters is 1. The van der Waals surface area contributed by atoms with Crippen LogP contribution in [0.3, 0.4) is 0 Å². The molecule has 0 bridgehead atoms. The number of sulfonamides is 1. The fraction of sp³-hybridized carbons (Fsp3) is 0.500. The van der Waals surface area contributed by atoms with Crippen LogP contribution >= 0.6 is 11.3 Å². The number of piperidine rings is 1. The van der Waals surface area contributed by atoms with E-state index in [4.69, 9.17) is 4.74 Å². The Morgan fingerprint density at radius 3 is 2.26 bits per heavy atom. The lowest BCUT2D eigenvalue weighted by Gasteiger charge is -2.31. The first-order chi connectivity index (χ1) is 15.7. The van der Waals surface area contributed by atoms with Crippen molar-refractivity contribution in [2.75, 3.05) is 13.1 Å². The van der Waals surface area contributed by atoms with Crippen molar-refractivity contribution >= 4 is 27.3 Å². The molecule has 3 rings (SSSR count). The molecule has 2 heterocycles. The molecule has 1 aromatic carbocycles. The van der Waals surface area contributed by atoms with Crippen LogP contribution in [0.15, 0.2) is 40.6 Å². The lowest BCUT2D eigenvalue weighted by molar-refractivity contribution is -0.274. The van der Waals surface area contributed by atoms with Crippen molar-refractivity contribution in [1.82, 2.24) is 10.0 Å². The van der Waals surface area contributed by atoms with E-state index in [1.165, 1.54) is 18.2 Å². The van der Waals surface area contributed by atoms with E-state index in [2.05, 4.69) is 14.8 Å². The largest absolute Gasteiger partial charge is 0.573 e. The van der Waals surface area contributed by atoms with E-state index in [9.17, 15) is 26.4 Å². The number of halogens is 3.